The Bertz CT molecular complexity index is 2100. The normalized spacial score (nSPS) is 18.2. The van der Waals surface area contributed by atoms with Gasteiger partial charge in [0.2, 0.25) is 0 Å². The molecule has 5 aromatic carbocycles. The van der Waals surface area contributed by atoms with Crippen LogP contribution in [-0.2, 0) is 11.2 Å². The second-order valence-electron chi connectivity index (χ2n) is 11.5. The molecule has 0 aliphatic heterocycles. The van der Waals surface area contributed by atoms with Gasteiger partial charge in [-0.05, 0) is 36.6 Å². The van der Waals surface area contributed by atoms with Crippen molar-refractivity contribution in [1.82, 2.24) is 0 Å². The van der Waals surface area contributed by atoms with Gasteiger partial charge in [-0.25, -0.2) is 0 Å². The van der Waals surface area contributed by atoms with Crippen molar-refractivity contribution in [3.63, 3.8) is 0 Å². The van der Waals surface area contributed by atoms with Gasteiger partial charge in [-0.1, -0.05) is 13.3 Å². The van der Waals surface area contributed by atoms with E-state index in [1.165, 1.54) is 47.3 Å². The van der Waals surface area contributed by atoms with Crippen LogP contribution in [0, 0.1) is 0 Å². The average molecular weight is 588 g/mol. The van der Waals surface area contributed by atoms with E-state index in [1.54, 1.807) is 0 Å². The second kappa shape index (κ2) is 9.74. The van der Waals surface area contributed by atoms with Crippen LogP contribution < -0.4 is 30.4 Å². The zero-order valence-electron chi connectivity index (χ0n) is 24.9. The van der Waals surface area contributed by atoms with Crippen LogP contribution in [0.2, 0.25) is 0 Å². The summed E-state index contributed by atoms with van der Waals surface area (Å²) in [5, 5.41) is 40.9. The molecule has 5 aromatic rings. The van der Waals surface area contributed by atoms with E-state index < -0.39 is 33.9 Å². The summed E-state index contributed by atoms with van der Waals surface area (Å²) in [5.41, 5.74) is -1.90. The van der Waals surface area contributed by atoms with E-state index in [4.69, 9.17) is 14.2 Å². The Balaban J connectivity index is 2.11. The summed E-state index contributed by atoms with van der Waals surface area (Å²) < 4.78 is 17.1. The summed E-state index contributed by atoms with van der Waals surface area (Å²) in [6.45, 7) is 5.35. The third kappa shape index (κ3) is 3.65. The molecule has 0 aromatic heterocycles. The molecule has 10 nitrogen and oxygen atoms in total. The van der Waals surface area contributed by atoms with Crippen LogP contribution in [0.5, 0.6) is 28.7 Å². The Kier molecular flexibility index (Phi) is 6.46. The van der Waals surface area contributed by atoms with Crippen molar-refractivity contribution in [1.29, 1.82) is 0 Å². The fourth-order valence-electron chi connectivity index (χ4n) is 7.28. The zero-order valence-corrected chi connectivity index (χ0v) is 24.9. The number of ether oxygens (including phenoxy) is 3. The van der Waals surface area contributed by atoms with Crippen LogP contribution in [0.3, 0.4) is 0 Å². The topological polar surface area (TPSA) is 152 Å². The quantitative estimate of drug-likeness (QED) is 0.0882. The van der Waals surface area contributed by atoms with Crippen LogP contribution in [-0.4, -0.2) is 54.6 Å². The maximum Gasteiger partial charge on any atom is 0.194 e. The van der Waals surface area contributed by atoms with Gasteiger partial charge >= 0.3 is 0 Å². The highest BCUT2D eigenvalue weighted by Crippen LogP contribution is 2.59. The number of hydrogen-bond donors (Lipinski definition) is 4. The van der Waals surface area contributed by atoms with Crippen molar-refractivity contribution in [2.45, 2.75) is 51.6 Å². The highest BCUT2D eigenvalue weighted by Gasteiger charge is 2.46. The van der Waals surface area contributed by atoms with E-state index in [9.17, 15) is 29.7 Å². The Hall–Kier alpha value is -4.57. The lowest BCUT2D eigenvalue weighted by atomic mass is 9.77. The molecule has 6 rings (SSSR count). The number of nitrogens with one attached hydrogen (secondary N) is 1. The van der Waals surface area contributed by atoms with Gasteiger partial charge in [0.25, 0.3) is 0 Å². The molecular weight excluding hydrogens is 554 g/mol. The summed E-state index contributed by atoms with van der Waals surface area (Å²) in [5.74, 6) is -2.19. The van der Waals surface area contributed by atoms with Crippen molar-refractivity contribution in [2.24, 2.45) is 0 Å². The zero-order chi connectivity index (χ0) is 31.1. The Morgan fingerprint density at radius 1 is 0.884 bits per heavy atom. The standard InChI is InChI=1S/C33H33NO9/c1-7-8-9-34-29-14-12-33(3,40)28(13(2)35)27-25-19(14)24-20(30(29)38)15(36)10-17(41-4)22(24)23-18(42-5)11-16(37)21(26(23)25)31(39)32(27)43-6/h10-11,28,34,38-40H,7-9,12H2,1-6H3. The van der Waals surface area contributed by atoms with Crippen molar-refractivity contribution >= 4 is 54.6 Å². The van der Waals surface area contributed by atoms with Gasteiger partial charge in [-0.15, -0.1) is 0 Å². The highest BCUT2D eigenvalue weighted by atomic mass is 16.5. The fraction of sp³-hybridized carbons (Fsp3) is 0.364. The predicted molar refractivity (Wildman–Crippen MR) is 166 cm³/mol. The number of unbranched alkanes of at least 4 members (excludes halogenated alkanes) is 1. The number of methoxy groups -OCH3 is 3. The first-order valence-electron chi connectivity index (χ1n) is 14.2. The first-order valence-corrected chi connectivity index (χ1v) is 14.2. The first kappa shape index (κ1) is 28.5. The third-order valence-electron chi connectivity index (χ3n) is 8.88. The molecule has 0 bridgehead atoms. The molecule has 2 unspecified atom stereocenters. The number of phenols is 2. The van der Waals surface area contributed by atoms with E-state index in [2.05, 4.69) is 5.32 Å². The van der Waals surface area contributed by atoms with Gasteiger partial charge in [-0.2, -0.15) is 0 Å². The van der Waals surface area contributed by atoms with Crippen molar-refractivity contribution < 1.29 is 34.3 Å². The Labute approximate surface area is 246 Å². The number of phenolic OH excluding ortho intramolecular Hbond substituents is 2. The molecule has 0 saturated carbocycles. The van der Waals surface area contributed by atoms with Gasteiger partial charge in [0.15, 0.2) is 28.1 Å². The Morgan fingerprint density at radius 3 is 1.95 bits per heavy atom. The molecular formula is C33H33NO9. The minimum Gasteiger partial charge on any atom is -0.505 e. The number of aliphatic hydroxyl groups is 1. The van der Waals surface area contributed by atoms with Gasteiger partial charge < -0.3 is 34.8 Å². The Morgan fingerprint density at radius 2 is 1.44 bits per heavy atom. The number of hydrogen-bond acceptors (Lipinski definition) is 10. The third-order valence-corrected chi connectivity index (χ3v) is 8.88. The lowest BCUT2D eigenvalue weighted by molar-refractivity contribution is -0.124. The average Bonchev–Trinajstić information content (AvgIpc) is 3.05. The van der Waals surface area contributed by atoms with Gasteiger partial charge in [0.1, 0.15) is 17.3 Å². The lowest BCUT2D eigenvalue weighted by Gasteiger charge is -2.32. The minimum absolute atomic E-state index is 0.0134. The van der Waals surface area contributed by atoms with E-state index in [-0.39, 0.29) is 56.8 Å². The van der Waals surface area contributed by atoms with Gasteiger partial charge in [-0.3, -0.25) is 14.4 Å². The van der Waals surface area contributed by atoms with E-state index in [1.807, 2.05) is 6.92 Å². The van der Waals surface area contributed by atoms with Crippen molar-refractivity contribution in [3.8, 4) is 28.7 Å². The summed E-state index contributed by atoms with van der Waals surface area (Å²) >= 11 is 0. The number of carbonyl (C=O) groups excluding carboxylic acids is 1. The first-order chi connectivity index (χ1) is 20.4. The molecule has 0 spiro atoms. The lowest BCUT2D eigenvalue weighted by Crippen LogP contribution is -2.38. The molecule has 43 heavy (non-hydrogen) atoms. The number of ketones is 1. The summed E-state index contributed by atoms with van der Waals surface area (Å²) in [6.07, 6.45) is 1.51. The SMILES string of the molecule is CCCCNc1c(O)c2c(=O)cc(OC)c3c4c(OC)cc(=O)c5c(O)c(OC)c6c(c(c1CC(C)(O)C6C(C)=O)c23)c54. The van der Waals surface area contributed by atoms with Crippen LogP contribution in [0.1, 0.15) is 50.7 Å². The number of rotatable bonds is 8. The fourth-order valence-corrected chi connectivity index (χ4v) is 7.28. The molecule has 1 aliphatic rings. The maximum atomic E-state index is 13.7. The van der Waals surface area contributed by atoms with Gasteiger partial charge in [0.05, 0.1) is 49.3 Å². The number of aromatic hydroxyl groups is 2. The highest BCUT2D eigenvalue weighted by molar-refractivity contribution is 6.39. The number of Topliss-reactive ketones (excluding diaryl/α,β-unsaturated/α-hetero) is 1. The predicted octanol–water partition coefficient (Wildman–Crippen LogP) is 4.52. The molecule has 224 valence electrons. The molecule has 1 aliphatic carbocycles. The number of anilines is 1. The number of carbonyl (C=O) groups is 1. The molecule has 0 heterocycles. The maximum absolute atomic E-state index is 13.7. The van der Waals surface area contributed by atoms with E-state index in [0.717, 1.165) is 12.8 Å². The summed E-state index contributed by atoms with van der Waals surface area (Å²) in [4.78, 5) is 40.8. The van der Waals surface area contributed by atoms with Crippen molar-refractivity contribution in [2.75, 3.05) is 33.2 Å². The minimum atomic E-state index is -1.75. The molecule has 0 saturated heterocycles. The molecule has 4 N–H and O–H groups in total. The monoisotopic (exact) mass is 587 g/mol. The largest absolute Gasteiger partial charge is 0.505 e. The molecule has 2 atom stereocenters. The molecule has 0 fully saturated rings. The number of benzene rings is 5. The van der Waals surface area contributed by atoms with E-state index in [0.29, 0.717) is 39.0 Å². The van der Waals surface area contributed by atoms with Gasteiger partial charge in [0, 0.05) is 52.2 Å². The van der Waals surface area contributed by atoms with Crippen LogP contribution in [0.15, 0.2) is 21.7 Å². The summed E-state index contributed by atoms with van der Waals surface area (Å²) in [6, 6.07) is 2.51. The van der Waals surface area contributed by atoms with Crippen molar-refractivity contribution in [3.05, 3.63) is 43.7 Å². The molecule has 0 radical (unpaired) electrons. The van der Waals surface area contributed by atoms with Crippen LogP contribution in [0.4, 0.5) is 5.69 Å². The molecule has 0 amide bonds. The van der Waals surface area contributed by atoms with E-state index >= 15 is 0 Å². The molecule has 10 heteroatoms. The van der Waals surface area contributed by atoms with Crippen LogP contribution in [0.25, 0.3) is 43.1 Å². The van der Waals surface area contributed by atoms with Crippen LogP contribution >= 0.6 is 0 Å². The smallest absolute Gasteiger partial charge is 0.194 e. The summed E-state index contributed by atoms with van der Waals surface area (Å²) in [7, 11) is 4.12. The number of fused-ring (bicyclic) bond motifs is 1. The second-order valence-corrected chi connectivity index (χ2v) is 11.5.